The summed E-state index contributed by atoms with van der Waals surface area (Å²) in [6.07, 6.45) is 5.04. The number of benzene rings is 1. The predicted octanol–water partition coefficient (Wildman–Crippen LogP) is 3.07. The van der Waals surface area contributed by atoms with Crippen molar-refractivity contribution in [3.63, 3.8) is 0 Å². The summed E-state index contributed by atoms with van der Waals surface area (Å²) >= 11 is 1.38. The van der Waals surface area contributed by atoms with Crippen molar-refractivity contribution in [3.8, 4) is 0 Å². The molecule has 2 fully saturated rings. The zero-order valence-electron chi connectivity index (χ0n) is 16.4. The number of carbonyl (C=O) groups excluding carboxylic acids is 3. The monoisotopic (exact) mass is 412 g/mol. The molecule has 4 rings (SSSR count). The van der Waals surface area contributed by atoms with Gasteiger partial charge in [-0.15, -0.1) is 11.3 Å². The molecular weight excluding hydrogens is 388 g/mol. The Morgan fingerprint density at radius 2 is 2.00 bits per heavy atom. The second kappa shape index (κ2) is 8.32. The second-order valence-electron chi connectivity index (χ2n) is 7.59. The minimum Gasteiger partial charge on any atom is -0.339 e. The highest BCUT2D eigenvalue weighted by atomic mass is 32.1. The lowest BCUT2D eigenvalue weighted by molar-refractivity contribution is -0.122. The molecule has 1 aromatic heterocycles. The van der Waals surface area contributed by atoms with Gasteiger partial charge in [-0.05, 0) is 43.9 Å². The van der Waals surface area contributed by atoms with Crippen LogP contribution in [0.1, 0.15) is 41.6 Å². The van der Waals surface area contributed by atoms with E-state index >= 15 is 0 Å². The van der Waals surface area contributed by atoms with E-state index < -0.39 is 5.92 Å². The van der Waals surface area contributed by atoms with Gasteiger partial charge in [0.2, 0.25) is 11.8 Å². The maximum Gasteiger partial charge on any atom is 0.253 e. The van der Waals surface area contributed by atoms with E-state index in [0.717, 1.165) is 37.9 Å². The molecule has 29 heavy (non-hydrogen) atoms. The van der Waals surface area contributed by atoms with E-state index in [4.69, 9.17) is 0 Å². The smallest absolute Gasteiger partial charge is 0.253 e. The van der Waals surface area contributed by atoms with Crippen molar-refractivity contribution in [1.29, 1.82) is 0 Å². The fourth-order valence-electron chi connectivity index (χ4n) is 3.82. The molecular formula is C21H24N4O3S. The molecule has 0 saturated carbocycles. The van der Waals surface area contributed by atoms with Crippen molar-refractivity contribution in [3.05, 3.63) is 40.9 Å². The van der Waals surface area contributed by atoms with Crippen LogP contribution < -0.4 is 10.2 Å². The van der Waals surface area contributed by atoms with Crippen LogP contribution in [-0.2, 0) is 9.59 Å². The normalized spacial score (nSPS) is 19.5. The molecule has 0 radical (unpaired) electrons. The first-order chi connectivity index (χ1) is 14.0. The van der Waals surface area contributed by atoms with Crippen LogP contribution in [0.3, 0.4) is 0 Å². The van der Waals surface area contributed by atoms with Gasteiger partial charge in [0.05, 0.1) is 5.92 Å². The second-order valence-corrected chi connectivity index (χ2v) is 8.46. The maximum atomic E-state index is 12.8. The predicted molar refractivity (Wildman–Crippen MR) is 112 cm³/mol. The number of aryl methyl sites for hydroxylation is 1. The van der Waals surface area contributed by atoms with Crippen LogP contribution in [-0.4, -0.2) is 47.2 Å². The molecule has 0 aliphatic carbocycles. The van der Waals surface area contributed by atoms with Crippen LogP contribution in [0.4, 0.5) is 10.8 Å². The summed E-state index contributed by atoms with van der Waals surface area (Å²) in [4.78, 5) is 45.5. The van der Waals surface area contributed by atoms with Crippen molar-refractivity contribution in [2.75, 3.05) is 29.9 Å². The number of likely N-dealkylation sites (tertiary alicyclic amines) is 1. The molecule has 1 aromatic carbocycles. The number of anilines is 2. The number of nitrogens with zero attached hydrogens (tertiary/aromatic N) is 3. The van der Waals surface area contributed by atoms with Gasteiger partial charge in [-0.1, -0.05) is 6.07 Å². The lowest BCUT2D eigenvalue weighted by Gasteiger charge is -2.27. The number of amides is 3. The van der Waals surface area contributed by atoms with Crippen LogP contribution in [0.15, 0.2) is 29.8 Å². The van der Waals surface area contributed by atoms with Crippen LogP contribution in [0.2, 0.25) is 0 Å². The topological polar surface area (TPSA) is 82.6 Å². The molecule has 0 spiro atoms. The highest BCUT2D eigenvalue weighted by molar-refractivity contribution is 7.13. The lowest BCUT2D eigenvalue weighted by Crippen LogP contribution is -2.35. The Hall–Kier alpha value is -2.74. The van der Waals surface area contributed by atoms with Crippen molar-refractivity contribution in [2.24, 2.45) is 5.92 Å². The summed E-state index contributed by atoms with van der Waals surface area (Å²) in [7, 11) is 0. The minimum atomic E-state index is -0.438. The summed E-state index contributed by atoms with van der Waals surface area (Å²) in [6, 6.07) is 5.42. The number of piperidine rings is 1. The number of hydrogen-bond donors (Lipinski definition) is 1. The van der Waals surface area contributed by atoms with E-state index in [0.29, 0.717) is 22.9 Å². The molecule has 3 heterocycles. The summed E-state index contributed by atoms with van der Waals surface area (Å²) in [5, 5.41) is 5.36. The molecule has 8 heteroatoms. The summed E-state index contributed by atoms with van der Waals surface area (Å²) in [5.74, 6) is -0.729. The number of aromatic nitrogens is 1. The first-order valence-electron chi connectivity index (χ1n) is 9.93. The van der Waals surface area contributed by atoms with Gasteiger partial charge in [-0.2, -0.15) is 0 Å². The number of thiazole rings is 1. The van der Waals surface area contributed by atoms with Crippen molar-refractivity contribution in [2.45, 2.75) is 32.6 Å². The maximum absolute atomic E-state index is 12.8. The Kier molecular flexibility index (Phi) is 5.62. The number of rotatable bonds is 4. The third-order valence-electron chi connectivity index (χ3n) is 5.53. The minimum absolute atomic E-state index is 0.00573. The Labute approximate surface area is 173 Å². The van der Waals surface area contributed by atoms with Gasteiger partial charge < -0.3 is 10.2 Å². The molecule has 0 bridgehead atoms. The first kappa shape index (κ1) is 19.6. The Bertz CT molecular complexity index is 922. The van der Waals surface area contributed by atoms with Gasteiger partial charge in [-0.25, -0.2) is 4.98 Å². The summed E-state index contributed by atoms with van der Waals surface area (Å²) in [5.41, 5.74) is 2.09. The van der Waals surface area contributed by atoms with E-state index in [9.17, 15) is 14.4 Å². The largest absolute Gasteiger partial charge is 0.339 e. The Morgan fingerprint density at radius 3 is 2.72 bits per heavy atom. The zero-order valence-corrected chi connectivity index (χ0v) is 17.2. The fourth-order valence-corrected chi connectivity index (χ4v) is 4.49. The molecule has 3 amide bonds. The fraction of sp³-hybridized carbons (Fsp3) is 0.429. The van der Waals surface area contributed by atoms with Gasteiger partial charge in [0.1, 0.15) is 0 Å². The van der Waals surface area contributed by atoms with Gasteiger partial charge in [0, 0.05) is 48.9 Å². The van der Waals surface area contributed by atoms with E-state index in [-0.39, 0.29) is 24.1 Å². The van der Waals surface area contributed by atoms with Crippen molar-refractivity contribution < 1.29 is 14.4 Å². The molecule has 1 N–H and O–H groups in total. The molecule has 2 aromatic rings. The molecule has 7 nitrogen and oxygen atoms in total. The van der Waals surface area contributed by atoms with Crippen LogP contribution in [0, 0.1) is 12.8 Å². The quantitative estimate of drug-likeness (QED) is 0.837. The third-order valence-corrected chi connectivity index (χ3v) is 6.33. The number of hydrogen-bond acceptors (Lipinski definition) is 5. The van der Waals surface area contributed by atoms with Gasteiger partial charge in [0.25, 0.3) is 5.91 Å². The van der Waals surface area contributed by atoms with Crippen LogP contribution >= 0.6 is 11.3 Å². The summed E-state index contributed by atoms with van der Waals surface area (Å²) in [6.45, 7) is 3.78. The zero-order chi connectivity index (χ0) is 20.4. The van der Waals surface area contributed by atoms with Crippen LogP contribution in [0.25, 0.3) is 0 Å². The van der Waals surface area contributed by atoms with Crippen molar-refractivity contribution in [1.82, 2.24) is 9.88 Å². The molecule has 2 saturated heterocycles. The van der Waals surface area contributed by atoms with E-state index in [2.05, 4.69) is 10.3 Å². The third kappa shape index (κ3) is 4.17. The van der Waals surface area contributed by atoms with E-state index in [1.807, 2.05) is 29.3 Å². The molecule has 152 valence electrons. The number of carbonyl (C=O) groups is 3. The number of nitrogens with one attached hydrogen (secondary N) is 1. The highest BCUT2D eigenvalue weighted by Crippen LogP contribution is 2.28. The average Bonchev–Trinajstić information content (AvgIpc) is 3.39. The molecule has 2 aliphatic rings. The Morgan fingerprint density at radius 1 is 1.21 bits per heavy atom. The standard InChI is InChI=1S/C21H24N4O3S/c1-14-5-6-15(20(28)24-8-3-2-4-9-24)11-17(14)23-19(27)16-12-18(26)25(13-16)21-22-7-10-29-21/h5-7,10-11,16H,2-4,8-9,12-13H2,1H3,(H,23,27). The molecule has 1 atom stereocenters. The van der Waals surface area contributed by atoms with E-state index in [1.54, 1.807) is 17.2 Å². The van der Waals surface area contributed by atoms with E-state index in [1.165, 1.54) is 11.3 Å². The summed E-state index contributed by atoms with van der Waals surface area (Å²) < 4.78 is 0. The average molecular weight is 413 g/mol. The van der Waals surface area contributed by atoms with Crippen LogP contribution in [0.5, 0.6) is 0 Å². The first-order valence-corrected chi connectivity index (χ1v) is 10.8. The van der Waals surface area contributed by atoms with Gasteiger partial charge >= 0.3 is 0 Å². The SMILES string of the molecule is Cc1ccc(C(=O)N2CCCCC2)cc1NC(=O)C1CC(=O)N(c2nccs2)C1. The molecule has 1 unspecified atom stereocenters. The van der Waals surface area contributed by atoms with Crippen molar-refractivity contribution >= 4 is 39.9 Å². The lowest BCUT2D eigenvalue weighted by atomic mass is 10.0. The highest BCUT2D eigenvalue weighted by Gasteiger charge is 2.36. The molecule has 2 aliphatic heterocycles. The Balaban J connectivity index is 1.45. The van der Waals surface area contributed by atoms with Gasteiger partial charge in [0.15, 0.2) is 5.13 Å². The van der Waals surface area contributed by atoms with Gasteiger partial charge in [-0.3, -0.25) is 19.3 Å².